The summed E-state index contributed by atoms with van der Waals surface area (Å²) in [4.78, 5) is 12.1. The van der Waals surface area contributed by atoms with Crippen LogP contribution in [0.4, 0.5) is 18.9 Å². The van der Waals surface area contributed by atoms with E-state index in [-0.39, 0.29) is 10.6 Å². The van der Waals surface area contributed by atoms with Crippen LogP contribution in [-0.2, 0) is 10.0 Å². The molecule has 0 bridgehead atoms. The van der Waals surface area contributed by atoms with Crippen LogP contribution in [0.5, 0.6) is 0 Å². The minimum atomic E-state index is -4.07. The standard InChI is InChI=1S/C21H17F3N2O3S/c1-13(14-5-3-2-4-6-14)26-30(28,29)16-8-10-18(22)17(12-16)21(27)25-15-7-9-19(23)20(24)11-15/h2-13,26H,1H3,(H,25,27). The van der Waals surface area contributed by atoms with E-state index in [2.05, 4.69) is 10.0 Å². The Balaban J connectivity index is 1.84. The Morgan fingerprint density at radius 3 is 2.20 bits per heavy atom. The summed E-state index contributed by atoms with van der Waals surface area (Å²) in [5.74, 6) is -4.27. The molecule has 156 valence electrons. The van der Waals surface area contributed by atoms with Crippen LogP contribution in [0.25, 0.3) is 0 Å². The predicted octanol–water partition coefficient (Wildman–Crippen LogP) is 4.40. The molecular formula is C21H17F3N2O3S. The molecule has 0 spiro atoms. The van der Waals surface area contributed by atoms with Crippen molar-refractivity contribution < 1.29 is 26.4 Å². The molecule has 30 heavy (non-hydrogen) atoms. The van der Waals surface area contributed by atoms with Crippen molar-refractivity contribution in [3.8, 4) is 0 Å². The van der Waals surface area contributed by atoms with Crippen LogP contribution in [0.1, 0.15) is 28.9 Å². The van der Waals surface area contributed by atoms with Gasteiger partial charge in [0.1, 0.15) is 5.82 Å². The second-order valence-corrected chi connectivity index (χ2v) is 8.19. The molecule has 3 aromatic rings. The third-order valence-electron chi connectivity index (χ3n) is 4.30. The van der Waals surface area contributed by atoms with E-state index in [0.29, 0.717) is 0 Å². The highest BCUT2D eigenvalue weighted by Gasteiger charge is 2.22. The van der Waals surface area contributed by atoms with Gasteiger partial charge < -0.3 is 5.32 Å². The van der Waals surface area contributed by atoms with E-state index < -0.39 is 45.0 Å². The number of carbonyl (C=O) groups is 1. The number of anilines is 1. The molecule has 3 aromatic carbocycles. The van der Waals surface area contributed by atoms with Crippen LogP contribution < -0.4 is 10.0 Å². The van der Waals surface area contributed by atoms with Gasteiger partial charge in [-0.3, -0.25) is 4.79 Å². The topological polar surface area (TPSA) is 75.3 Å². The lowest BCUT2D eigenvalue weighted by Gasteiger charge is -2.15. The fourth-order valence-corrected chi connectivity index (χ4v) is 3.99. The molecular weight excluding hydrogens is 417 g/mol. The Kier molecular flexibility index (Phi) is 6.23. The number of halogens is 3. The summed E-state index contributed by atoms with van der Waals surface area (Å²) in [5, 5.41) is 2.21. The maximum Gasteiger partial charge on any atom is 0.258 e. The number of sulfonamides is 1. The second-order valence-electron chi connectivity index (χ2n) is 6.48. The van der Waals surface area contributed by atoms with Crippen LogP contribution in [0.2, 0.25) is 0 Å². The van der Waals surface area contributed by atoms with Crippen molar-refractivity contribution in [3.05, 3.63) is 95.3 Å². The van der Waals surface area contributed by atoms with Crippen LogP contribution >= 0.6 is 0 Å². The minimum absolute atomic E-state index is 0.109. The van der Waals surface area contributed by atoms with Crippen molar-refractivity contribution in [2.75, 3.05) is 5.32 Å². The average Bonchev–Trinajstić information content (AvgIpc) is 2.71. The van der Waals surface area contributed by atoms with E-state index in [0.717, 1.165) is 42.0 Å². The zero-order chi connectivity index (χ0) is 21.9. The summed E-state index contributed by atoms with van der Waals surface area (Å²) in [6.07, 6.45) is 0. The first-order chi connectivity index (χ1) is 14.2. The number of hydrogen-bond acceptors (Lipinski definition) is 3. The summed E-state index contributed by atoms with van der Waals surface area (Å²) in [5.41, 5.74) is 0.0526. The highest BCUT2D eigenvalue weighted by molar-refractivity contribution is 7.89. The summed E-state index contributed by atoms with van der Waals surface area (Å²) in [7, 11) is -4.07. The van der Waals surface area contributed by atoms with E-state index in [1.165, 1.54) is 0 Å². The van der Waals surface area contributed by atoms with Crippen molar-refractivity contribution in [1.29, 1.82) is 0 Å². The number of carbonyl (C=O) groups excluding carboxylic acids is 1. The van der Waals surface area contributed by atoms with Gasteiger partial charge in [-0.2, -0.15) is 0 Å². The first-order valence-electron chi connectivity index (χ1n) is 8.80. The van der Waals surface area contributed by atoms with Gasteiger partial charge in [0.2, 0.25) is 10.0 Å². The van der Waals surface area contributed by atoms with Gasteiger partial charge in [-0.05, 0) is 42.8 Å². The van der Waals surface area contributed by atoms with Crippen LogP contribution in [0, 0.1) is 17.5 Å². The smallest absolute Gasteiger partial charge is 0.258 e. The molecule has 0 radical (unpaired) electrons. The zero-order valence-electron chi connectivity index (χ0n) is 15.7. The van der Waals surface area contributed by atoms with Gasteiger partial charge in [0, 0.05) is 17.8 Å². The Morgan fingerprint density at radius 2 is 1.53 bits per heavy atom. The molecule has 0 fully saturated rings. The van der Waals surface area contributed by atoms with Gasteiger partial charge in [-0.1, -0.05) is 30.3 Å². The van der Waals surface area contributed by atoms with E-state index >= 15 is 0 Å². The van der Waals surface area contributed by atoms with Crippen LogP contribution in [0.15, 0.2) is 71.6 Å². The summed E-state index contributed by atoms with van der Waals surface area (Å²) < 4.78 is 68.3. The molecule has 0 saturated heterocycles. The molecule has 3 rings (SSSR count). The van der Waals surface area contributed by atoms with Gasteiger partial charge in [0.05, 0.1) is 10.5 Å². The second kappa shape index (κ2) is 8.68. The molecule has 1 atom stereocenters. The maximum absolute atomic E-state index is 14.2. The molecule has 2 N–H and O–H groups in total. The molecule has 1 amide bonds. The van der Waals surface area contributed by atoms with E-state index in [9.17, 15) is 26.4 Å². The molecule has 0 aliphatic rings. The van der Waals surface area contributed by atoms with Gasteiger partial charge in [-0.15, -0.1) is 0 Å². The van der Waals surface area contributed by atoms with Crippen molar-refractivity contribution in [2.24, 2.45) is 0 Å². The molecule has 0 aliphatic carbocycles. The lowest BCUT2D eigenvalue weighted by atomic mass is 10.1. The van der Waals surface area contributed by atoms with Gasteiger partial charge >= 0.3 is 0 Å². The highest BCUT2D eigenvalue weighted by atomic mass is 32.2. The van der Waals surface area contributed by atoms with E-state index in [4.69, 9.17) is 0 Å². The summed E-state index contributed by atoms with van der Waals surface area (Å²) in [6.45, 7) is 1.65. The lowest BCUT2D eigenvalue weighted by Crippen LogP contribution is -2.27. The molecule has 0 heterocycles. The quantitative estimate of drug-likeness (QED) is 0.604. The highest BCUT2D eigenvalue weighted by Crippen LogP contribution is 2.21. The van der Waals surface area contributed by atoms with Crippen LogP contribution in [0.3, 0.4) is 0 Å². The molecule has 0 saturated carbocycles. The molecule has 0 aromatic heterocycles. The maximum atomic E-state index is 14.2. The van der Waals surface area contributed by atoms with Crippen molar-refractivity contribution in [1.82, 2.24) is 4.72 Å². The summed E-state index contributed by atoms with van der Waals surface area (Å²) in [6, 6.07) is 13.6. The Morgan fingerprint density at radius 1 is 0.867 bits per heavy atom. The number of hydrogen-bond donors (Lipinski definition) is 2. The minimum Gasteiger partial charge on any atom is -0.322 e. The first-order valence-corrected chi connectivity index (χ1v) is 10.3. The SMILES string of the molecule is CC(NS(=O)(=O)c1ccc(F)c(C(=O)Nc2ccc(F)c(F)c2)c1)c1ccccc1. The fourth-order valence-electron chi connectivity index (χ4n) is 2.73. The van der Waals surface area contributed by atoms with Gasteiger partial charge in [0.25, 0.3) is 5.91 Å². The lowest BCUT2D eigenvalue weighted by molar-refractivity contribution is 0.102. The van der Waals surface area contributed by atoms with Crippen molar-refractivity contribution >= 4 is 21.6 Å². The Labute approximate surface area is 171 Å². The summed E-state index contributed by atoms with van der Waals surface area (Å²) >= 11 is 0. The first kappa shape index (κ1) is 21.5. The number of nitrogens with one attached hydrogen (secondary N) is 2. The zero-order valence-corrected chi connectivity index (χ0v) is 16.5. The molecule has 0 aliphatic heterocycles. The molecule has 9 heteroatoms. The number of benzene rings is 3. The fraction of sp³-hybridized carbons (Fsp3) is 0.0952. The van der Waals surface area contributed by atoms with Crippen LogP contribution in [-0.4, -0.2) is 14.3 Å². The Bertz CT molecular complexity index is 1190. The monoisotopic (exact) mass is 434 g/mol. The normalized spacial score (nSPS) is 12.4. The molecule has 5 nitrogen and oxygen atoms in total. The Hall–Kier alpha value is -3.17. The third-order valence-corrected chi connectivity index (χ3v) is 5.84. The molecule has 1 unspecified atom stereocenters. The number of rotatable bonds is 6. The van der Waals surface area contributed by atoms with Gasteiger partial charge in [-0.25, -0.2) is 26.3 Å². The predicted molar refractivity (Wildman–Crippen MR) is 106 cm³/mol. The largest absolute Gasteiger partial charge is 0.322 e. The average molecular weight is 434 g/mol. The number of amides is 1. The van der Waals surface area contributed by atoms with Gasteiger partial charge in [0.15, 0.2) is 11.6 Å². The van der Waals surface area contributed by atoms with E-state index in [1.54, 1.807) is 37.3 Å². The van der Waals surface area contributed by atoms with E-state index in [1.807, 2.05) is 0 Å². The third kappa shape index (κ3) is 4.87. The van der Waals surface area contributed by atoms with Crippen molar-refractivity contribution in [3.63, 3.8) is 0 Å². The van der Waals surface area contributed by atoms with Crippen molar-refractivity contribution in [2.45, 2.75) is 17.9 Å².